The number of oxime groups is 1. The van der Waals surface area contributed by atoms with Gasteiger partial charge in [-0.25, -0.2) is 4.98 Å². The summed E-state index contributed by atoms with van der Waals surface area (Å²) in [6.07, 6.45) is 0. The maximum atomic E-state index is 8.70. The highest BCUT2D eigenvalue weighted by Crippen LogP contribution is 2.16. The molecule has 6 heteroatoms. The van der Waals surface area contributed by atoms with Crippen molar-refractivity contribution in [3.8, 4) is 5.88 Å². The van der Waals surface area contributed by atoms with Gasteiger partial charge in [-0.1, -0.05) is 5.16 Å². The van der Waals surface area contributed by atoms with Gasteiger partial charge < -0.3 is 20.6 Å². The molecular formula is C13H22N4O2. The summed E-state index contributed by atoms with van der Waals surface area (Å²) in [6, 6.07) is 3.40. The van der Waals surface area contributed by atoms with Gasteiger partial charge in [0, 0.05) is 22.9 Å². The number of hydrogen-bond acceptors (Lipinski definition) is 5. The Morgan fingerprint density at radius 2 is 2.11 bits per heavy atom. The van der Waals surface area contributed by atoms with Gasteiger partial charge in [0.2, 0.25) is 5.88 Å². The third kappa shape index (κ3) is 4.10. The van der Waals surface area contributed by atoms with E-state index in [-0.39, 0.29) is 11.4 Å². The van der Waals surface area contributed by atoms with Crippen molar-refractivity contribution >= 4 is 5.84 Å². The lowest BCUT2D eigenvalue weighted by molar-refractivity contribution is 0.111. The lowest BCUT2D eigenvalue weighted by Gasteiger charge is -2.31. The Hall–Kier alpha value is -1.82. The minimum Gasteiger partial charge on any atom is -0.476 e. The van der Waals surface area contributed by atoms with Gasteiger partial charge in [0.05, 0.1) is 0 Å². The molecule has 0 fully saturated rings. The summed E-state index contributed by atoms with van der Waals surface area (Å²) >= 11 is 0. The molecule has 0 aliphatic carbocycles. The topological polar surface area (TPSA) is 84.0 Å². The molecule has 1 aromatic heterocycles. The van der Waals surface area contributed by atoms with E-state index in [2.05, 4.69) is 28.9 Å². The van der Waals surface area contributed by atoms with Crippen LogP contribution in [0, 0.1) is 6.92 Å². The van der Waals surface area contributed by atoms with Gasteiger partial charge in [-0.15, -0.1) is 0 Å². The van der Waals surface area contributed by atoms with Crippen LogP contribution in [0.5, 0.6) is 5.88 Å². The first-order valence-corrected chi connectivity index (χ1v) is 6.03. The maximum absolute atomic E-state index is 8.70. The molecule has 3 N–H and O–H groups in total. The van der Waals surface area contributed by atoms with Crippen LogP contribution in [0.15, 0.2) is 17.3 Å². The fourth-order valence-corrected chi connectivity index (χ4v) is 1.30. The highest BCUT2D eigenvalue weighted by atomic mass is 16.5. The molecule has 0 bridgehead atoms. The van der Waals surface area contributed by atoms with E-state index in [1.165, 1.54) is 0 Å². The second kappa shape index (κ2) is 5.88. The SMILES string of the molecule is Cc1cc(/C(N)=N/O)cc(OCC(C)(C)N(C)C)n1. The Labute approximate surface area is 113 Å². The number of aromatic nitrogens is 1. The summed E-state index contributed by atoms with van der Waals surface area (Å²) in [4.78, 5) is 6.36. The van der Waals surface area contributed by atoms with Crippen LogP contribution < -0.4 is 10.5 Å². The summed E-state index contributed by atoms with van der Waals surface area (Å²) in [5.41, 5.74) is 6.80. The molecule has 0 saturated heterocycles. The third-order valence-corrected chi connectivity index (χ3v) is 3.12. The van der Waals surface area contributed by atoms with Crippen LogP contribution in [0.2, 0.25) is 0 Å². The van der Waals surface area contributed by atoms with Crippen molar-refractivity contribution in [2.45, 2.75) is 26.3 Å². The Kier molecular flexibility index (Phi) is 4.72. The monoisotopic (exact) mass is 266 g/mol. The predicted molar refractivity (Wildman–Crippen MR) is 74.7 cm³/mol. The Morgan fingerprint density at radius 3 is 2.63 bits per heavy atom. The Morgan fingerprint density at radius 1 is 1.47 bits per heavy atom. The summed E-state index contributed by atoms with van der Waals surface area (Å²) in [5, 5.41) is 11.7. The number of ether oxygens (including phenoxy) is 1. The van der Waals surface area contributed by atoms with E-state index in [4.69, 9.17) is 15.7 Å². The molecule has 0 unspecified atom stereocenters. The molecule has 0 amide bonds. The average molecular weight is 266 g/mol. The van der Waals surface area contributed by atoms with Crippen LogP contribution >= 0.6 is 0 Å². The summed E-state index contributed by atoms with van der Waals surface area (Å²) in [7, 11) is 3.99. The van der Waals surface area contributed by atoms with Crippen LogP contribution in [0.4, 0.5) is 0 Å². The van der Waals surface area contributed by atoms with Crippen molar-refractivity contribution in [1.82, 2.24) is 9.88 Å². The quantitative estimate of drug-likeness (QED) is 0.362. The molecule has 0 atom stereocenters. The molecule has 1 rings (SSSR count). The van der Waals surface area contributed by atoms with Gasteiger partial charge in [0.1, 0.15) is 6.61 Å². The average Bonchev–Trinajstić information content (AvgIpc) is 2.34. The number of likely N-dealkylation sites (N-methyl/N-ethyl adjacent to an activating group) is 1. The predicted octanol–water partition coefficient (Wildman–Crippen LogP) is 1.20. The van der Waals surface area contributed by atoms with Gasteiger partial charge in [0.15, 0.2) is 5.84 Å². The molecule has 0 saturated carbocycles. The lowest BCUT2D eigenvalue weighted by Crippen LogP contribution is -2.43. The third-order valence-electron chi connectivity index (χ3n) is 3.12. The normalized spacial score (nSPS) is 12.8. The molecule has 106 valence electrons. The van der Waals surface area contributed by atoms with E-state index in [1.807, 2.05) is 21.0 Å². The van der Waals surface area contributed by atoms with E-state index in [9.17, 15) is 0 Å². The molecule has 0 spiro atoms. The van der Waals surface area contributed by atoms with E-state index in [1.54, 1.807) is 12.1 Å². The number of nitrogens with zero attached hydrogens (tertiary/aromatic N) is 3. The van der Waals surface area contributed by atoms with Crippen LogP contribution in [0.1, 0.15) is 25.1 Å². The van der Waals surface area contributed by atoms with E-state index < -0.39 is 0 Å². The van der Waals surface area contributed by atoms with Crippen molar-refractivity contribution in [1.29, 1.82) is 0 Å². The molecule has 0 radical (unpaired) electrons. The molecule has 1 aromatic rings. The van der Waals surface area contributed by atoms with Crippen molar-refractivity contribution in [3.05, 3.63) is 23.4 Å². The summed E-state index contributed by atoms with van der Waals surface area (Å²) in [5.74, 6) is 0.513. The van der Waals surface area contributed by atoms with Crippen molar-refractivity contribution in [3.63, 3.8) is 0 Å². The maximum Gasteiger partial charge on any atom is 0.214 e. The number of rotatable bonds is 5. The first-order chi connectivity index (χ1) is 8.76. The highest BCUT2D eigenvalue weighted by Gasteiger charge is 2.21. The first kappa shape index (κ1) is 15.2. The fraction of sp³-hybridized carbons (Fsp3) is 0.538. The molecule has 0 aliphatic heterocycles. The molecule has 1 heterocycles. The number of aryl methyl sites for hydroxylation is 1. The van der Waals surface area contributed by atoms with Gasteiger partial charge in [0.25, 0.3) is 0 Å². The number of pyridine rings is 1. The zero-order chi connectivity index (χ0) is 14.6. The van der Waals surface area contributed by atoms with Crippen molar-refractivity contribution in [2.24, 2.45) is 10.9 Å². The second-order valence-corrected chi connectivity index (χ2v) is 5.32. The van der Waals surface area contributed by atoms with Crippen LogP contribution in [0.3, 0.4) is 0 Å². The molecule has 19 heavy (non-hydrogen) atoms. The number of hydrogen-bond donors (Lipinski definition) is 2. The summed E-state index contributed by atoms with van der Waals surface area (Å²) in [6.45, 7) is 6.48. The van der Waals surface area contributed by atoms with Gasteiger partial charge in [-0.05, 0) is 40.9 Å². The van der Waals surface area contributed by atoms with E-state index in [0.717, 1.165) is 5.69 Å². The van der Waals surface area contributed by atoms with Gasteiger partial charge >= 0.3 is 0 Å². The van der Waals surface area contributed by atoms with E-state index >= 15 is 0 Å². The Bertz CT molecular complexity index is 470. The zero-order valence-corrected chi connectivity index (χ0v) is 12.1. The molecular weight excluding hydrogens is 244 g/mol. The number of nitrogens with two attached hydrogens (primary N) is 1. The first-order valence-electron chi connectivity index (χ1n) is 6.03. The zero-order valence-electron chi connectivity index (χ0n) is 12.1. The summed E-state index contributed by atoms with van der Waals surface area (Å²) < 4.78 is 5.70. The highest BCUT2D eigenvalue weighted by molar-refractivity contribution is 5.97. The van der Waals surface area contributed by atoms with Gasteiger partial charge in [-0.3, -0.25) is 0 Å². The molecule has 0 aromatic carbocycles. The van der Waals surface area contributed by atoms with Crippen LogP contribution in [-0.2, 0) is 0 Å². The fourth-order valence-electron chi connectivity index (χ4n) is 1.30. The smallest absolute Gasteiger partial charge is 0.214 e. The standard InChI is InChI=1S/C13H22N4O2/c1-9-6-10(12(14)16-18)7-11(15-9)19-8-13(2,3)17(4)5/h6-7,18H,8H2,1-5H3,(H2,14,16). The van der Waals surface area contributed by atoms with Crippen molar-refractivity contribution < 1.29 is 9.94 Å². The largest absolute Gasteiger partial charge is 0.476 e. The van der Waals surface area contributed by atoms with Gasteiger partial charge in [-0.2, -0.15) is 0 Å². The van der Waals surface area contributed by atoms with Crippen molar-refractivity contribution in [2.75, 3.05) is 20.7 Å². The Balaban J connectivity index is 2.88. The molecule has 6 nitrogen and oxygen atoms in total. The second-order valence-electron chi connectivity index (χ2n) is 5.32. The van der Waals surface area contributed by atoms with Crippen LogP contribution in [-0.4, -0.2) is 47.2 Å². The lowest BCUT2D eigenvalue weighted by atomic mass is 10.1. The minimum absolute atomic E-state index is 0.0437. The van der Waals surface area contributed by atoms with E-state index in [0.29, 0.717) is 18.1 Å². The molecule has 0 aliphatic rings. The van der Waals surface area contributed by atoms with Crippen LogP contribution in [0.25, 0.3) is 0 Å². The number of amidine groups is 1. The minimum atomic E-state index is -0.109.